The molecule has 2 aromatic heterocycles. The van der Waals surface area contributed by atoms with Gasteiger partial charge in [0.25, 0.3) is 5.91 Å². The van der Waals surface area contributed by atoms with Crippen LogP contribution in [-0.4, -0.2) is 33.9 Å². The van der Waals surface area contributed by atoms with E-state index in [-0.39, 0.29) is 5.91 Å². The van der Waals surface area contributed by atoms with Gasteiger partial charge in [-0.2, -0.15) is 0 Å². The van der Waals surface area contributed by atoms with Gasteiger partial charge in [-0.05, 0) is 43.7 Å². The SMILES string of the molecule is Cc1ocnc1C(=O)N1CCC(Cc2cccnc2)CC1. The Morgan fingerprint density at radius 3 is 2.86 bits per heavy atom. The van der Waals surface area contributed by atoms with Gasteiger partial charge < -0.3 is 9.32 Å². The minimum Gasteiger partial charge on any atom is -0.448 e. The first-order chi connectivity index (χ1) is 10.2. The van der Waals surface area contributed by atoms with Gasteiger partial charge in [0.1, 0.15) is 5.76 Å². The number of nitrogens with zero attached hydrogens (tertiary/aromatic N) is 3. The van der Waals surface area contributed by atoms with Crippen molar-refractivity contribution in [1.29, 1.82) is 0 Å². The highest BCUT2D eigenvalue weighted by Crippen LogP contribution is 2.22. The van der Waals surface area contributed by atoms with Crippen LogP contribution in [0.4, 0.5) is 0 Å². The second kappa shape index (κ2) is 6.08. The summed E-state index contributed by atoms with van der Waals surface area (Å²) in [6.45, 7) is 3.35. The number of likely N-dealkylation sites (tertiary alicyclic amines) is 1. The van der Waals surface area contributed by atoms with Crippen LogP contribution in [-0.2, 0) is 6.42 Å². The lowest BCUT2D eigenvalue weighted by atomic mass is 9.90. The molecular formula is C16H19N3O2. The van der Waals surface area contributed by atoms with E-state index in [2.05, 4.69) is 16.0 Å². The predicted molar refractivity (Wildman–Crippen MR) is 77.8 cm³/mol. The lowest BCUT2D eigenvalue weighted by Crippen LogP contribution is -2.39. The summed E-state index contributed by atoms with van der Waals surface area (Å²) >= 11 is 0. The van der Waals surface area contributed by atoms with Crippen molar-refractivity contribution in [2.45, 2.75) is 26.2 Å². The summed E-state index contributed by atoms with van der Waals surface area (Å²) in [5, 5.41) is 0. The topological polar surface area (TPSA) is 59.2 Å². The summed E-state index contributed by atoms with van der Waals surface area (Å²) in [5.41, 5.74) is 1.72. The zero-order chi connectivity index (χ0) is 14.7. The number of aromatic nitrogens is 2. The molecule has 0 saturated carbocycles. The fourth-order valence-corrected chi connectivity index (χ4v) is 2.85. The maximum atomic E-state index is 12.3. The molecule has 21 heavy (non-hydrogen) atoms. The maximum Gasteiger partial charge on any atom is 0.276 e. The smallest absolute Gasteiger partial charge is 0.276 e. The standard InChI is InChI=1S/C16H19N3O2/c1-12-15(18-11-21-12)16(20)19-7-4-13(5-8-19)9-14-3-2-6-17-10-14/h2-3,6,10-11,13H,4-5,7-9H2,1H3. The Morgan fingerprint density at radius 1 is 1.43 bits per heavy atom. The molecule has 1 fully saturated rings. The van der Waals surface area contributed by atoms with Gasteiger partial charge in [0.15, 0.2) is 12.1 Å². The molecule has 0 bridgehead atoms. The number of pyridine rings is 1. The molecule has 1 aliphatic heterocycles. The first-order valence-electron chi connectivity index (χ1n) is 7.32. The highest BCUT2D eigenvalue weighted by atomic mass is 16.3. The minimum absolute atomic E-state index is 0.0129. The molecule has 110 valence electrons. The second-order valence-electron chi connectivity index (χ2n) is 5.56. The van der Waals surface area contributed by atoms with E-state index in [4.69, 9.17) is 4.42 Å². The zero-order valence-electron chi connectivity index (χ0n) is 12.2. The number of piperidine rings is 1. The monoisotopic (exact) mass is 285 g/mol. The Bertz CT molecular complexity index is 601. The fraction of sp³-hybridized carbons (Fsp3) is 0.438. The Balaban J connectivity index is 1.56. The van der Waals surface area contributed by atoms with Crippen molar-refractivity contribution >= 4 is 5.91 Å². The summed E-state index contributed by atoms with van der Waals surface area (Å²) < 4.78 is 5.11. The average molecular weight is 285 g/mol. The van der Waals surface area contributed by atoms with E-state index in [1.165, 1.54) is 12.0 Å². The van der Waals surface area contributed by atoms with Gasteiger partial charge in [-0.25, -0.2) is 4.98 Å². The van der Waals surface area contributed by atoms with Gasteiger partial charge in [0.05, 0.1) is 0 Å². The number of carbonyl (C=O) groups excluding carboxylic acids is 1. The molecule has 5 heteroatoms. The molecule has 1 saturated heterocycles. The van der Waals surface area contributed by atoms with Crippen LogP contribution < -0.4 is 0 Å². The highest BCUT2D eigenvalue weighted by Gasteiger charge is 2.26. The number of rotatable bonds is 3. The predicted octanol–water partition coefficient (Wildman–Crippen LogP) is 2.47. The summed E-state index contributed by atoms with van der Waals surface area (Å²) in [5.74, 6) is 1.20. The van der Waals surface area contributed by atoms with Crippen LogP contribution >= 0.6 is 0 Å². The van der Waals surface area contributed by atoms with E-state index in [1.807, 2.05) is 17.2 Å². The second-order valence-corrected chi connectivity index (χ2v) is 5.56. The zero-order valence-corrected chi connectivity index (χ0v) is 12.2. The summed E-state index contributed by atoms with van der Waals surface area (Å²) in [6.07, 6.45) is 8.15. The molecule has 0 N–H and O–H groups in total. The lowest BCUT2D eigenvalue weighted by Gasteiger charge is -2.31. The first kappa shape index (κ1) is 13.8. The van der Waals surface area contributed by atoms with Crippen molar-refractivity contribution in [3.63, 3.8) is 0 Å². The van der Waals surface area contributed by atoms with E-state index in [0.717, 1.165) is 32.4 Å². The maximum absolute atomic E-state index is 12.3. The molecular weight excluding hydrogens is 266 g/mol. The quantitative estimate of drug-likeness (QED) is 0.869. The molecule has 2 aromatic rings. The number of carbonyl (C=O) groups is 1. The highest BCUT2D eigenvalue weighted by molar-refractivity contribution is 5.93. The fourth-order valence-electron chi connectivity index (χ4n) is 2.85. The van der Waals surface area contributed by atoms with Crippen LogP contribution in [0.2, 0.25) is 0 Å². The van der Waals surface area contributed by atoms with Crippen LogP contribution in [0.15, 0.2) is 35.3 Å². The van der Waals surface area contributed by atoms with Crippen molar-refractivity contribution in [1.82, 2.24) is 14.9 Å². The van der Waals surface area contributed by atoms with E-state index in [1.54, 1.807) is 13.1 Å². The molecule has 0 unspecified atom stereocenters. The largest absolute Gasteiger partial charge is 0.448 e. The Labute approximate surface area is 124 Å². The molecule has 0 aromatic carbocycles. The van der Waals surface area contributed by atoms with Gasteiger partial charge in [-0.3, -0.25) is 9.78 Å². The molecule has 0 aliphatic carbocycles. The number of amides is 1. The molecule has 3 heterocycles. The van der Waals surface area contributed by atoms with Crippen LogP contribution in [0.25, 0.3) is 0 Å². The van der Waals surface area contributed by atoms with Crippen molar-refractivity contribution in [2.75, 3.05) is 13.1 Å². The van der Waals surface area contributed by atoms with Crippen molar-refractivity contribution in [3.8, 4) is 0 Å². The normalized spacial score (nSPS) is 16.1. The first-order valence-corrected chi connectivity index (χ1v) is 7.32. The molecule has 1 amide bonds. The molecule has 1 aliphatic rings. The van der Waals surface area contributed by atoms with Gasteiger partial charge >= 0.3 is 0 Å². The molecule has 0 atom stereocenters. The third-order valence-electron chi connectivity index (χ3n) is 4.10. The van der Waals surface area contributed by atoms with Crippen LogP contribution in [0.3, 0.4) is 0 Å². The third kappa shape index (κ3) is 3.12. The van der Waals surface area contributed by atoms with Crippen molar-refractivity contribution < 1.29 is 9.21 Å². The average Bonchev–Trinajstić information content (AvgIpc) is 2.94. The van der Waals surface area contributed by atoms with E-state index < -0.39 is 0 Å². The number of hydrogen-bond donors (Lipinski definition) is 0. The van der Waals surface area contributed by atoms with Gasteiger partial charge in [0, 0.05) is 25.5 Å². The molecule has 0 radical (unpaired) electrons. The Kier molecular flexibility index (Phi) is 3.99. The number of aryl methyl sites for hydroxylation is 1. The summed E-state index contributed by atoms with van der Waals surface area (Å²) in [6, 6.07) is 4.09. The van der Waals surface area contributed by atoms with Gasteiger partial charge in [0.2, 0.25) is 0 Å². The van der Waals surface area contributed by atoms with Crippen LogP contribution in [0, 0.1) is 12.8 Å². The van der Waals surface area contributed by atoms with Crippen molar-refractivity contribution in [3.05, 3.63) is 47.9 Å². The van der Waals surface area contributed by atoms with E-state index >= 15 is 0 Å². The molecule has 3 rings (SSSR count). The molecule has 5 nitrogen and oxygen atoms in total. The van der Waals surface area contributed by atoms with E-state index in [9.17, 15) is 4.79 Å². The van der Waals surface area contributed by atoms with Crippen molar-refractivity contribution in [2.24, 2.45) is 5.92 Å². The number of oxazole rings is 1. The van der Waals surface area contributed by atoms with Gasteiger partial charge in [-0.15, -0.1) is 0 Å². The Hall–Kier alpha value is -2.17. The third-order valence-corrected chi connectivity index (χ3v) is 4.10. The Morgan fingerprint density at radius 2 is 2.24 bits per heavy atom. The number of hydrogen-bond acceptors (Lipinski definition) is 4. The van der Waals surface area contributed by atoms with E-state index in [0.29, 0.717) is 17.4 Å². The summed E-state index contributed by atoms with van der Waals surface area (Å²) in [4.78, 5) is 22.4. The lowest BCUT2D eigenvalue weighted by molar-refractivity contribution is 0.0683. The summed E-state index contributed by atoms with van der Waals surface area (Å²) in [7, 11) is 0. The molecule has 0 spiro atoms. The van der Waals surface area contributed by atoms with Crippen LogP contribution in [0.5, 0.6) is 0 Å². The minimum atomic E-state index is -0.0129. The van der Waals surface area contributed by atoms with Crippen LogP contribution in [0.1, 0.15) is 34.7 Å². The van der Waals surface area contributed by atoms with Gasteiger partial charge in [-0.1, -0.05) is 6.07 Å².